The van der Waals surface area contributed by atoms with Gasteiger partial charge in [0.05, 0.1) is 11.6 Å². The molecule has 0 saturated carbocycles. The molecule has 0 amide bonds. The summed E-state index contributed by atoms with van der Waals surface area (Å²) in [6, 6.07) is 6.21. The van der Waals surface area contributed by atoms with Crippen molar-refractivity contribution in [1.29, 1.82) is 0 Å². The van der Waals surface area contributed by atoms with Gasteiger partial charge in [-0.05, 0) is 56.9 Å². The van der Waals surface area contributed by atoms with Crippen molar-refractivity contribution in [2.24, 2.45) is 0 Å². The van der Waals surface area contributed by atoms with E-state index in [9.17, 15) is 4.79 Å². The summed E-state index contributed by atoms with van der Waals surface area (Å²) in [6.45, 7) is 6.41. The molecule has 136 valence electrons. The van der Waals surface area contributed by atoms with E-state index in [0.717, 1.165) is 27.5 Å². The molecule has 0 aliphatic heterocycles. The maximum Gasteiger partial charge on any atom is 0.305 e. The van der Waals surface area contributed by atoms with Gasteiger partial charge in [0.15, 0.2) is 5.82 Å². The molecule has 0 fully saturated rings. The summed E-state index contributed by atoms with van der Waals surface area (Å²) in [5.74, 6) is 0.539. The van der Waals surface area contributed by atoms with Gasteiger partial charge in [-0.1, -0.05) is 17.4 Å². The lowest BCUT2D eigenvalue weighted by atomic mass is 10.1. The Balaban J connectivity index is 1.74. The number of hydrogen-bond donors (Lipinski definition) is 1. The Kier molecular flexibility index (Phi) is 5.78. The summed E-state index contributed by atoms with van der Waals surface area (Å²) in [4.78, 5) is 25.6. The molecule has 2 aromatic heterocycles. The summed E-state index contributed by atoms with van der Waals surface area (Å²) in [5, 5.41) is 4.29. The Hall–Kier alpha value is -2.54. The lowest BCUT2D eigenvalue weighted by Gasteiger charge is -2.08. The number of carbonyl (C=O) groups excluding carboxylic acids is 1. The molecule has 2 heterocycles. The fraction of sp³-hybridized carbons (Fsp3) is 0.368. The van der Waals surface area contributed by atoms with Crippen molar-refractivity contribution in [3.63, 3.8) is 0 Å². The highest BCUT2D eigenvalue weighted by Gasteiger charge is 2.12. The Morgan fingerprint density at radius 3 is 2.85 bits per heavy atom. The molecule has 0 aliphatic rings. The maximum absolute atomic E-state index is 11.4. The van der Waals surface area contributed by atoms with E-state index in [1.54, 1.807) is 6.33 Å². The van der Waals surface area contributed by atoms with Crippen LogP contribution in [0.1, 0.15) is 35.9 Å². The van der Waals surface area contributed by atoms with Crippen LogP contribution < -0.4 is 5.32 Å². The number of aryl methyl sites for hydroxylation is 3. The van der Waals surface area contributed by atoms with E-state index < -0.39 is 0 Å². The van der Waals surface area contributed by atoms with Crippen LogP contribution in [0.25, 0.3) is 10.3 Å². The van der Waals surface area contributed by atoms with E-state index >= 15 is 0 Å². The molecule has 3 rings (SSSR count). The Morgan fingerprint density at radius 1 is 1.23 bits per heavy atom. The zero-order valence-electron chi connectivity index (χ0n) is 15.2. The molecule has 0 radical (unpaired) electrons. The van der Waals surface area contributed by atoms with E-state index in [1.807, 2.05) is 13.0 Å². The molecule has 7 heteroatoms. The summed E-state index contributed by atoms with van der Waals surface area (Å²) in [7, 11) is 0. The predicted octanol–water partition coefficient (Wildman–Crippen LogP) is 4.33. The van der Waals surface area contributed by atoms with Crippen LogP contribution in [0.5, 0.6) is 0 Å². The lowest BCUT2D eigenvalue weighted by molar-refractivity contribution is -0.143. The minimum Gasteiger partial charge on any atom is -0.466 e. The summed E-state index contributed by atoms with van der Waals surface area (Å²) < 4.78 is 4.95. The first-order chi connectivity index (χ1) is 12.6. The molecule has 0 aliphatic carbocycles. The third kappa shape index (κ3) is 4.35. The number of nitrogens with zero attached hydrogens (tertiary/aromatic N) is 3. The average molecular weight is 370 g/mol. The van der Waals surface area contributed by atoms with E-state index in [2.05, 4.69) is 46.2 Å². The van der Waals surface area contributed by atoms with Gasteiger partial charge in [-0.2, -0.15) is 0 Å². The molecule has 1 aromatic carbocycles. The summed E-state index contributed by atoms with van der Waals surface area (Å²) in [5.41, 5.74) is 4.21. The largest absolute Gasteiger partial charge is 0.466 e. The van der Waals surface area contributed by atoms with Gasteiger partial charge in [-0.15, -0.1) is 0 Å². The molecular formula is C19H22N4O2S. The van der Waals surface area contributed by atoms with Gasteiger partial charge in [-0.25, -0.2) is 15.0 Å². The molecular weight excluding hydrogens is 348 g/mol. The number of hydrogen-bond acceptors (Lipinski definition) is 7. The molecule has 3 aromatic rings. The number of esters is 1. The first-order valence-electron chi connectivity index (χ1n) is 8.67. The van der Waals surface area contributed by atoms with Crippen LogP contribution >= 0.6 is 11.3 Å². The van der Waals surface area contributed by atoms with E-state index in [1.165, 1.54) is 22.5 Å². The molecule has 6 nitrogen and oxygen atoms in total. The van der Waals surface area contributed by atoms with E-state index in [0.29, 0.717) is 25.3 Å². The van der Waals surface area contributed by atoms with E-state index in [4.69, 9.17) is 4.74 Å². The second-order valence-electron chi connectivity index (χ2n) is 6.07. The highest BCUT2D eigenvalue weighted by Crippen LogP contribution is 2.28. The minimum absolute atomic E-state index is 0.162. The third-order valence-electron chi connectivity index (χ3n) is 4.09. The van der Waals surface area contributed by atoms with Crippen molar-refractivity contribution in [2.45, 2.75) is 40.0 Å². The van der Waals surface area contributed by atoms with Crippen molar-refractivity contribution in [3.05, 3.63) is 40.7 Å². The minimum atomic E-state index is -0.162. The third-order valence-corrected chi connectivity index (χ3v) is 5.11. The topological polar surface area (TPSA) is 77.0 Å². The number of rotatable bonds is 7. The number of aromatic nitrogens is 3. The quantitative estimate of drug-likeness (QED) is 0.624. The van der Waals surface area contributed by atoms with Crippen molar-refractivity contribution >= 4 is 39.2 Å². The second-order valence-corrected chi connectivity index (χ2v) is 7.13. The number of ether oxygens (including phenoxy) is 1. The van der Waals surface area contributed by atoms with Crippen LogP contribution in [0.4, 0.5) is 11.5 Å². The van der Waals surface area contributed by atoms with Gasteiger partial charge in [0.2, 0.25) is 0 Å². The first-order valence-corrected chi connectivity index (χ1v) is 9.48. The molecule has 0 atom stereocenters. The van der Waals surface area contributed by atoms with Crippen molar-refractivity contribution in [3.8, 4) is 0 Å². The highest BCUT2D eigenvalue weighted by molar-refractivity contribution is 7.18. The van der Waals surface area contributed by atoms with Crippen LogP contribution in [0.15, 0.2) is 24.5 Å². The monoisotopic (exact) mass is 370 g/mol. The molecule has 0 saturated heterocycles. The molecule has 1 N–H and O–H groups in total. The Bertz CT molecular complexity index is 923. The zero-order chi connectivity index (χ0) is 18.5. The summed E-state index contributed by atoms with van der Waals surface area (Å²) in [6.07, 6.45) is 3.39. The van der Waals surface area contributed by atoms with Crippen LogP contribution in [-0.2, 0) is 16.0 Å². The Morgan fingerprint density at radius 2 is 2.08 bits per heavy atom. The highest BCUT2D eigenvalue weighted by atomic mass is 32.1. The Labute approximate surface area is 156 Å². The van der Waals surface area contributed by atoms with Gasteiger partial charge in [0, 0.05) is 12.1 Å². The normalized spacial score (nSPS) is 10.9. The van der Waals surface area contributed by atoms with Gasteiger partial charge >= 0.3 is 5.97 Å². The van der Waals surface area contributed by atoms with Crippen molar-refractivity contribution in [1.82, 2.24) is 15.0 Å². The standard InChI is InChI=1S/C19H22N4O2S/c1-4-25-16(24)7-5-6-15-23-17-18(20-11-21-19(17)26-15)22-14-9-8-12(2)13(3)10-14/h8-11H,4-7H2,1-3H3,(H,20,21,22). The number of benzene rings is 1. The fourth-order valence-electron chi connectivity index (χ4n) is 2.57. The summed E-state index contributed by atoms with van der Waals surface area (Å²) >= 11 is 1.54. The molecule has 26 heavy (non-hydrogen) atoms. The fourth-order valence-corrected chi connectivity index (χ4v) is 3.51. The first kappa shape index (κ1) is 18.3. The van der Waals surface area contributed by atoms with Crippen LogP contribution in [0, 0.1) is 13.8 Å². The van der Waals surface area contributed by atoms with E-state index in [-0.39, 0.29) is 5.97 Å². The number of fused-ring (bicyclic) bond motifs is 1. The average Bonchev–Trinajstić information content (AvgIpc) is 3.02. The second kappa shape index (κ2) is 8.23. The zero-order valence-corrected chi connectivity index (χ0v) is 16.0. The van der Waals surface area contributed by atoms with Crippen molar-refractivity contribution in [2.75, 3.05) is 11.9 Å². The maximum atomic E-state index is 11.4. The van der Waals surface area contributed by atoms with Gasteiger partial charge in [0.1, 0.15) is 16.7 Å². The molecule has 0 bridgehead atoms. The molecule has 0 spiro atoms. The molecule has 0 unspecified atom stereocenters. The van der Waals surface area contributed by atoms with Crippen molar-refractivity contribution < 1.29 is 9.53 Å². The van der Waals surface area contributed by atoms with Gasteiger partial charge < -0.3 is 10.1 Å². The predicted molar refractivity (Wildman–Crippen MR) is 104 cm³/mol. The number of thiazole rings is 1. The van der Waals surface area contributed by atoms with Gasteiger partial charge in [0.25, 0.3) is 0 Å². The van der Waals surface area contributed by atoms with Crippen LogP contribution in [0.3, 0.4) is 0 Å². The lowest BCUT2D eigenvalue weighted by Crippen LogP contribution is -2.03. The SMILES string of the molecule is CCOC(=O)CCCc1nc2c(Nc3ccc(C)c(C)c3)ncnc2s1. The number of carbonyl (C=O) groups is 1. The van der Waals surface area contributed by atoms with Gasteiger partial charge in [-0.3, -0.25) is 4.79 Å². The van der Waals surface area contributed by atoms with Crippen LogP contribution in [-0.4, -0.2) is 27.5 Å². The number of anilines is 2. The van der Waals surface area contributed by atoms with Crippen LogP contribution in [0.2, 0.25) is 0 Å². The smallest absolute Gasteiger partial charge is 0.305 e. The number of nitrogens with one attached hydrogen (secondary N) is 1.